The lowest BCUT2D eigenvalue weighted by Gasteiger charge is -2.43. The van der Waals surface area contributed by atoms with Gasteiger partial charge in [-0.1, -0.05) is 115 Å². The molecule has 1 fully saturated rings. The van der Waals surface area contributed by atoms with Crippen molar-refractivity contribution in [1.82, 2.24) is 14.9 Å². The number of ether oxygens (including phenoxy) is 3. The molecule has 1 aromatic heterocycles. The first kappa shape index (κ1) is 44.0. The van der Waals surface area contributed by atoms with Crippen molar-refractivity contribution in [2.45, 2.75) is 49.1 Å². The summed E-state index contributed by atoms with van der Waals surface area (Å²) in [7, 11) is 3.05. The lowest BCUT2D eigenvalue weighted by atomic mass is 9.63. The number of para-hydroxylation sites is 2. The Morgan fingerprint density at radius 3 is 2.00 bits per heavy atom. The van der Waals surface area contributed by atoms with Gasteiger partial charge in [-0.15, -0.1) is 0 Å². The van der Waals surface area contributed by atoms with E-state index in [2.05, 4.69) is 10.3 Å². The molecule has 2 heterocycles. The molecule has 1 aliphatic rings. The SMILES string of the molecule is COc1ccccc1C(c1ccccc1)(c1ccccc1OC)C(O)[C@H]1O[C@@H](n2cc(/C=C/c3ccc(CNC(=O)C(F)(F)F)cc3)c(NC(=O)c3ccccc3)nc2=O)C[C@@H]1O. The molecule has 15 heteroatoms. The Hall–Kier alpha value is -7.07. The van der Waals surface area contributed by atoms with Crippen molar-refractivity contribution in [3.8, 4) is 11.5 Å². The summed E-state index contributed by atoms with van der Waals surface area (Å²) < 4.78 is 57.5. The molecule has 0 saturated carbocycles. The van der Waals surface area contributed by atoms with Gasteiger partial charge in [0.15, 0.2) is 0 Å². The zero-order valence-electron chi connectivity index (χ0n) is 34.0. The number of anilines is 1. The molecule has 4 atom stereocenters. The molecule has 1 saturated heterocycles. The molecular formula is C48H43F3N4O8. The Bertz CT molecular complexity index is 2590. The molecule has 4 N–H and O–H groups in total. The highest BCUT2D eigenvalue weighted by Gasteiger charge is 2.54. The molecule has 324 valence electrons. The predicted octanol–water partition coefficient (Wildman–Crippen LogP) is 6.91. The number of nitrogens with one attached hydrogen (secondary N) is 2. The van der Waals surface area contributed by atoms with Crippen molar-refractivity contribution in [2.75, 3.05) is 19.5 Å². The Morgan fingerprint density at radius 2 is 1.41 bits per heavy atom. The predicted molar refractivity (Wildman–Crippen MR) is 229 cm³/mol. The number of methoxy groups -OCH3 is 2. The second-order valence-electron chi connectivity index (χ2n) is 14.7. The minimum atomic E-state index is -5.01. The molecule has 0 bridgehead atoms. The monoisotopic (exact) mass is 860 g/mol. The highest BCUT2D eigenvalue weighted by atomic mass is 19.4. The average Bonchev–Trinajstić information content (AvgIpc) is 3.69. The maximum absolute atomic E-state index is 13.9. The quantitative estimate of drug-likeness (QED) is 0.0854. The third kappa shape index (κ3) is 9.26. The van der Waals surface area contributed by atoms with Gasteiger partial charge in [0.05, 0.1) is 25.7 Å². The van der Waals surface area contributed by atoms with Gasteiger partial charge in [-0.3, -0.25) is 14.2 Å². The topological polar surface area (TPSA) is 161 Å². The van der Waals surface area contributed by atoms with E-state index < -0.39 is 53.6 Å². The molecule has 0 spiro atoms. The summed E-state index contributed by atoms with van der Waals surface area (Å²) in [4.78, 5) is 42.8. The fourth-order valence-electron chi connectivity index (χ4n) is 7.86. The number of carbonyl (C=O) groups is 2. The van der Waals surface area contributed by atoms with Crippen LogP contribution in [0.3, 0.4) is 0 Å². The van der Waals surface area contributed by atoms with Crippen molar-refractivity contribution < 1.29 is 47.2 Å². The van der Waals surface area contributed by atoms with Crippen LogP contribution < -0.4 is 25.8 Å². The number of halogens is 3. The molecule has 0 aliphatic carbocycles. The van der Waals surface area contributed by atoms with Gasteiger partial charge in [0.2, 0.25) is 0 Å². The van der Waals surface area contributed by atoms with Crippen molar-refractivity contribution in [2.24, 2.45) is 0 Å². The van der Waals surface area contributed by atoms with Crippen LogP contribution in [0.15, 0.2) is 144 Å². The van der Waals surface area contributed by atoms with Crippen LogP contribution >= 0.6 is 0 Å². The number of carbonyl (C=O) groups excluding carboxylic acids is 2. The van der Waals surface area contributed by atoms with Gasteiger partial charge >= 0.3 is 17.8 Å². The van der Waals surface area contributed by atoms with Crippen molar-refractivity contribution >= 4 is 29.8 Å². The van der Waals surface area contributed by atoms with E-state index in [0.29, 0.717) is 44.9 Å². The largest absolute Gasteiger partial charge is 0.496 e. The molecule has 6 aromatic rings. The summed E-state index contributed by atoms with van der Waals surface area (Å²) in [6.45, 7) is -0.347. The number of amides is 2. The summed E-state index contributed by atoms with van der Waals surface area (Å²) in [6, 6.07) is 38.3. The summed E-state index contributed by atoms with van der Waals surface area (Å²) in [5, 5.41) is 29.4. The van der Waals surface area contributed by atoms with Gasteiger partial charge in [0.25, 0.3) is 5.91 Å². The number of alkyl halides is 3. The maximum atomic E-state index is 13.9. The lowest BCUT2D eigenvalue weighted by Crippen LogP contribution is -2.51. The fourth-order valence-corrected chi connectivity index (χ4v) is 7.86. The van der Waals surface area contributed by atoms with Crippen LogP contribution in [0.4, 0.5) is 19.0 Å². The second kappa shape index (κ2) is 18.9. The third-order valence-electron chi connectivity index (χ3n) is 10.9. The maximum Gasteiger partial charge on any atom is 0.471 e. The van der Waals surface area contributed by atoms with Crippen LogP contribution in [0.25, 0.3) is 12.2 Å². The van der Waals surface area contributed by atoms with E-state index in [1.807, 2.05) is 59.9 Å². The van der Waals surface area contributed by atoms with Gasteiger partial charge in [-0.2, -0.15) is 18.2 Å². The number of aliphatic hydroxyl groups is 2. The van der Waals surface area contributed by atoms with Crippen LogP contribution in [-0.2, 0) is 21.5 Å². The molecule has 1 aliphatic heterocycles. The van der Waals surface area contributed by atoms with Gasteiger partial charge in [0, 0.05) is 41.4 Å². The minimum Gasteiger partial charge on any atom is -0.496 e. The number of hydrogen-bond acceptors (Lipinski definition) is 9. The number of aliphatic hydroxyl groups excluding tert-OH is 2. The van der Waals surface area contributed by atoms with E-state index in [0.717, 1.165) is 0 Å². The van der Waals surface area contributed by atoms with E-state index in [1.165, 1.54) is 25.0 Å². The van der Waals surface area contributed by atoms with Crippen molar-refractivity contribution in [3.05, 3.63) is 189 Å². The van der Waals surface area contributed by atoms with Gasteiger partial charge in [-0.05, 0) is 47.0 Å². The second-order valence-corrected chi connectivity index (χ2v) is 14.7. The first-order valence-electron chi connectivity index (χ1n) is 19.8. The Morgan fingerprint density at radius 1 is 0.841 bits per heavy atom. The number of nitrogens with zero attached hydrogens (tertiary/aromatic N) is 2. The molecular weight excluding hydrogens is 818 g/mol. The van der Waals surface area contributed by atoms with Crippen LogP contribution in [0, 0.1) is 0 Å². The standard InChI is InChI=1S/C48H43F3N4O8/c1-61-38-19-11-9-17-35(38)47(34-15-7-4-8-16-34,36-18-10-12-20-39(36)62-2)42(57)41-37(56)27-40(63-41)55-29-33(43(54-46(55)60)53-44(58)32-13-5-3-6-14-32)26-25-30-21-23-31(24-22-30)28-52-45(59)48(49,50)51/h3-26,29,37,40-42,56-57H,27-28H2,1-2H3,(H,52,59)(H,53,54,58,60)/b26-25+/t37-,40+,41-,42?/m0/s1. The van der Waals surface area contributed by atoms with Crippen LogP contribution in [0.5, 0.6) is 11.5 Å². The zero-order chi connectivity index (χ0) is 44.7. The molecule has 63 heavy (non-hydrogen) atoms. The van der Waals surface area contributed by atoms with Gasteiger partial charge in [0.1, 0.15) is 35.8 Å². The lowest BCUT2D eigenvalue weighted by molar-refractivity contribution is -0.173. The van der Waals surface area contributed by atoms with E-state index in [1.54, 1.807) is 91.0 Å². The van der Waals surface area contributed by atoms with Crippen LogP contribution in [0.1, 0.15) is 56.4 Å². The number of rotatable bonds is 14. The van der Waals surface area contributed by atoms with Crippen molar-refractivity contribution in [3.63, 3.8) is 0 Å². The van der Waals surface area contributed by atoms with Gasteiger partial charge < -0.3 is 35.1 Å². The minimum absolute atomic E-state index is 0.0848. The first-order chi connectivity index (χ1) is 30.3. The molecule has 12 nitrogen and oxygen atoms in total. The summed E-state index contributed by atoms with van der Waals surface area (Å²) in [5.74, 6) is -1.78. The molecule has 1 unspecified atom stereocenters. The van der Waals surface area contributed by atoms with Crippen LogP contribution in [0.2, 0.25) is 0 Å². The highest BCUT2D eigenvalue weighted by Crippen LogP contribution is 2.51. The Labute approximate surface area is 360 Å². The molecule has 7 rings (SSSR count). The zero-order valence-corrected chi connectivity index (χ0v) is 34.0. The average molecular weight is 861 g/mol. The van der Waals surface area contributed by atoms with E-state index >= 15 is 0 Å². The van der Waals surface area contributed by atoms with E-state index in [4.69, 9.17) is 14.2 Å². The summed E-state index contributed by atoms with van der Waals surface area (Å²) >= 11 is 0. The number of benzene rings is 5. The smallest absolute Gasteiger partial charge is 0.471 e. The summed E-state index contributed by atoms with van der Waals surface area (Å²) in [6.07, 6.45) is -5.85. The van der Waals surface area contributed by atoms with E-state index in [-0.39, 0.29) is 24.3 Å². The summed E-state index contributed by atoms with van der Waals surface area (Å²) in [5.41, 5.74) is 0.992. The van der Waals surface area contributed by atoms with Crippen molar-refractivity contribution in [1.29, 1.82) is 0 Å². The van der Waals surface area contributed by atoms with E-state index in [9.17, 15) is 37.8 Å². The van der Waals surface area contributed by atoms with Crippen LogP contribution in [-0.4, -0.2) is 70.3 Å². The Balaban J connectivity index is 1.27. The van der Waals surface area contributed by atoms with Gasteiger partial charge in [-0.25, -0.2) is 4.79 Å². The molecule has 2 amide bonds. The first-order valence-corrected chi connectivity index (χ1v) is 19.8. The number of hydrogen-bond donors (Lipinski definition) is 4. The molecule has 5 aromatic carbocycles. The highest BCUT2D eigenvalue weighted by molar-refractivity contribution is 6.04. The number of aromatic nitrogens is 2. The third-order valence-corrected chi connectivity index (χ3v) is 10.9. The fraction of sp³-hybridized carbons (Fsp3) is 0.208. The Kier molecular flexibility index (Phi) is 13.2. The normalized spacial score (nSPS) is 17.0. The molecule has 0 radical (unpaired) electrons.